The van der Waals surface area contributed by atoms with Gasteiger partial charge in [0.05, 0.1) is 5.02 Å². The second kappa shape index (κ2) is 6.74. The molecular formula is C14H14ClF2N3. The summed E-state index contributed by atoms with van der Waals surface area (Å²) in [6.07, 6.45) is 3.91. The predicted molar refractivity (Wildman–Crippen MR) is 74.1 cm³/mol. The highest BCUT2D eigenvalue weighted by Gasteiger charge is 2.15. The molecule has 0 spiro atoms. The van der Waals surface area contributed by atoms with Crippen LogP contribution in [0, 0.1) is 11.6 Å². The van der Waals surface area contributed by atoms with Gasteiger partial charge in [0.15, 0.2) is 11.6 Å². The smallest absolute Gasteiger partial charge is 0.162 e. The van der Waals surface area contributed by atoms with Gasteiger partial charge in [-0.1, -0.05) is 23.7 Å². The average Bonchev–Trinajstić information content (AvgIpc) is 2.45. The first-order valence-electron chi connectivity index (χ1n) is 6.09. The van der Waals surface area contributed by atoms with Crippen molar-refractivity contribution in [1.29, 1.82) is 0 Å². The van der Waals surface area contributed by atoms with Crippen LogP contribution in [0.2, 0.25) is 5.02 Å². The molecule has 1 unspecified atom stereocenters. The van der Waals surface area contributed by atoms with Gasteiger partial charge in [-0.15, -0.1) is 0 Å². The Balaban J connectivity index is 2.14. The molecule has 1 atom stereocenters. The van der Waals surface area contributed by atoms with Crippen molar-refractivity contribution in [3.05, 3.63) is 64.4 Å². The van der Waals surface area contributed by atoms with E-state index < -0.39 is 11.6 Å². The number of hydrazine groups is 1. The molecule has 0 amide bonds. The summed E-state index contributed by atoms with van der Waals surface area (Å²) in [5.41, 5.74) is 3.73. The second-order valence-electron chi connectivity index (χ2n) is 4.45. The molecule has 20 heavy (non-hydrogen) atoms. The third-order valence-electron chi connectivity index (χ3n) is 3.06. The molecular weight excluding hydrogens is 284 g/mol. The minimum absolute atomic E-state index is 0.258. The van der Waals surface area contributed by atoms with Gasteiger partial charge >= 0.3 is 0 Å². The van der Waals surface area contributed by atoms with Crippen molar-refractivity contribution in [2.45, 2.75) is 18.9 Å². The summed E-state index contributed by atoms with van der Waals surface area (Å²) < 4.78 is 26.8. The minimum Gasteiger partial charge on any atom is -0.271 e. The molecule has 1 aromatic carbocycles. The summed E-state index contributed by atoms with van der Waals surface area (Å²) in [5.74, 6) is 3.78. The molecule has 0 fully saturated rings. The van der Waals surface area contributed by atoms with Crippen LogP contribution in [0.15, 0.2) is 36.7 Å². The van der Waals surface area contributed by atoms with Crippen LogP contribution in [0.5, 0.6) is 0 Å². The summed E-state index contributed by atoms with van der Waals surface area (Å²) in [5, 5.41) is 0.521. The number of hydrogen-bond acceptors (Lipinski definition) is 3. The average molecular weight is 298 g/mol. The standard InChI is InChI=1S/C14H14ClF2N3/c15-12-8-19-5-4-9(12)6-11(20-18)7-10-2-1-3-13(16)14(10)17/h1-5,8,11,20H,6-7,18H2. The largest absolute Gasteiger partial charge is 0.271 e. The third kappa shape index (κ3) is 3.50. The van der Waals surface area contributed by atoms with E-state index in [1.807, 2.05) is 0 Å². The van der Waals surface area contributed by atoms with E-state index in [4.69, 9.17) is 17.4 Å². The summed E-state index contributed by atoms with van der Waals surface area (Å²) in [4.78, 5) is 3.89. The lowest BCUT2D eigenvalue weighted by Gasteiger charge is -2.17. The number of benzene rings is 1. The van der Waals surface area contributed by atoms with Crippen molar-refractivity contribution in [2.24, 2.45) is 5.84 Å². The fraction of sp³-hybridized carbons (Fsp3) is 0.214. The predicted octanol–water partition coefficient (Wildman–Crippen LogP) is 2.63. The number of rotatable bonds is 5. The lowest BCUT2D eigenvalue weighted by Crippen LogP contribution is -2.38. The topological polar surface area (TPSA) is 50.9 Å². The van der Waals surface area contributed by atoms with Gasteiger partial charge in [-0.05, 0) is 36.1 Å². The maximum absolute atomic E-state index is 13.6. The molecule has 0 saturated heterocycles. The van der Waals surface area contributed by atoms with Gasteiger partial charge < -0.3 is 0 Å². The fourth-order valence-corrected chi connectivity index (χ4v) is 2.19. The highest BCUT2D eigenvalue weighted by Crippen LogP contribution is 2.18. The first kappa shape index (κ1) is 14.8. The van der Waals surface area contributed by atoms with Gasteiger partial charge in [0, 0.05) is 18.4 Å². The molecule has 6 heteroatoms. The Kier molecular flexibility index (Phi) is 5.00. The Morgan fingerprint density at radius 2 is 1.95 bits per heavy atom. The van der Waals surface area contributed by atoms with E-state index in [1.54, 1.807) is 12.3 Å². The third-order valence-corrected chi connectivity index (χ3v) is 3.40. The van der Waals surface area contributed by atoms with E-state index in [9.17, 15) is 8.78 Å². The minimum atomic E-state index is -0.861. The number of nitrogens with one attached hydrogen (secondary N) is 1. The molecule has 0 saturated carbocycles. The van der Waals surface area contributed by atoms with Crippen LogP contribution in [0.3, 0.4) is 0 Å². The van der Waals surface area contributed by atoms with Crippen molar-refractivity contribution in [3.63, 3.8) is 0 Å². The molecule has 2 aromatic rings. The van der Waals surface area contributed by atoms with Crippen LogP contribution < -0.4 is 11.3 Å². The number of aromatic nitrogens is 1. The van der Waals surface area contributed by atoms with Gasteiger partial charge in [0.2, 0.25) is 0 Å². The van der Waals surface area contributed by atoms with Crippen molar-refractivity contribution >= 4 is 11.6 Å². The van der Waals surface area contributed by atoms with E-state index >= 15 is 0 Å². The Morgan fingerprint density at radius 3 is 2.65 bits per heavy atom. The van der Waals surface area contributed by atoms with Crippen molar-refractivity contribution < 1.29 is 8.78 Å². The molecule has 3 nitrogen and oxygen atoms in total. The maximum atomic E-state index is 13.6. The summed E-state index contributed by atoms with van der Waals surface area (Å²) in [6, 6.07) is 5.61. The number of nitrogens with two attached hydrogens (primary N) is 1. The van der Waals surface area contributed by atoms with Crippen molar-refractivity contribution in [1.82, 2.24) is 10.4 Å². The molecule has 0 aliphatic heterocycles. The highest BCUT2D eigenvalue weighted by molar-refractivity contribution is 6.31. The van der Waals surface area contributed by atoms with Crippen LogP contribution in [0.1, 0.15) is 11.1 Å². The zero-order valence-corrected chi connectivity index (χ0v) is 11.4. The van der Waals surface area contributed by atoms with Crippen LogP contribution in [-0.2, 0) is 12.8 Å². The van der Waals surface area contributed by atoms with E-state index in [-0.39, 0.29) is 18.0 Å². The summed E-state index contributed by atoms with van der Waals surface area (Å²) >= 11 is 6.02. The van der Waals surface area contributed by atoms with E-state index in [0.29, 0.717) is 11.4 Å². The van der Waals surface area contributed by atoms with Gasteiger partial charge in [-0.2, -0.15) is 0 Å². The Morgan fingerprint density at radius 1 is 1.20 bits per heavy atom. The Hall–Kier alpha value is -1.56. The number of halogens is 3. The Bertz CT molecular complexity index is 592. The van der Waals surface area contributed by atoms with Crippen molar-refractivity contribution in [2.75, 3.05) is 0 Å². The van der Waals surface area contributed by atoms with Crippen LogP contribution in [0.4, 0.5) is 8.78 Å². The molecule has 2 rings (SSSR count). The quantitative estimate of drug-likeness (QED) is 0.659. The van der Waals surface area contributed by atoms with E-state index in [1.165, 1.54) is 18.3 Å². The molecule has 0 aliphatic carbocycles. The second-order valence-corrected chi connectivity index (χ2v) is 4.86. The molecule has 0 radical (unpaired) electrons. The zero-order valence-electron chi connectivity index (χ0n) is 10.6. The first-order valence-corrected chi connectivity index (χ1v) is 6.47. The zero-order chi connectivity index (χ0) is 14.5. The molecule has 0 aliphatic rings. The lowest BCUT2D eigenvalue weighted by atomic mass is 9.99. The van der Waals surface area contributed by atoms with Gasteiger partial charge in [0.1, 0.15) is 0 Å². The van der Waals surface area contributed by atoms with E-state index in [2.05, 4.69) is 10.4 Å². The molecule has 1 heterocycles. The maximum Gasteiger partial charge on any atom is 0.162 e. The summed E-state index contributed by atoms with van der Waals surface area (Å²) in [7, 11) is 0. The SMILES string of the molecule is NNC(Cc1ccncc1Cl)Cc1cccc(F)c1F. The fourth-order valence-electron chi connectivity index (χ4n) is 2.00. The van der Waals surface area contributed by atoms with Crippen molar-refractivity contribution in [3.8, 4) is 0 Å². The van der Waals surface area contributed by atoms with Crippen LogP contribution in [0.25, 0.3) is 0 Å². The molecule has 3 N–H and O–H groups in total. The molecule has 1 aromatic heterocycles. The van der Waals surface area contributed by atoms with Gasteiger partial charge in [0.25, 0.3) is 0 Å². The van der Waals surface area contributed by atoms with E-state index in [0.717, 1.165) is 11.6 Å². The Labute approximate surface area is 120 Å². The number of pyridine rings is 1. The number of hydrogen-bond donors (Lipinski definition) is 2. The molecule has 106 valence electrons. The van der Waals surface area contributed by atoms with Crippen LogP contribution >= 0.6 is 11.6 Å². The van der Waals surface area contributed by atoms with Gasteiger partial charge in [-0.3, -0.25) is 16.3 Å². The van der Waals surface area contributed by atoms with Gasteiger partial charge in [-0.25, -0.2) is 8.78 Å². The summed E-state index contributed by atoms with van der Waals surface area (Å²) in [6.45, 7) is 0. The lowest BCUT2D eigenvalue weighted by molar-refractivity contribution is 0.474. The number of nitrogens with zero attached hydrogens (tertiary/aromatic N) is 1. The van der Waals surface area contributed by atoms with Crippen LogP contribution in [-0.4, -0.2) is 11.0 Å². The normalized spacial score (nSPS) is 12.4. The molecule has 0 bridgehead atoms. The highest BCUT2D eigenvalue weighted by atomic mass is 35.5. The first-order chi connectivity index (χ1) is 9.61. The monoisotopic (exact) mass is 297 g/mol.